The van der Waals surface area contributed by atoms with Gasteiger partial charge >= 0.3 is 5.69 Å². The average molecular weight is 268 g/mol. The van der Waals surface area contributed by atoms with Crippen LogP contribution in [-0.4, -0.2) is 59.2 Å². The van der Waals surface area contributed by atoms with Crippen LogP contribution < -0.4 is 11.1 Å². The zero-order valence-electron chi connectivity index (χ0n) is 10.4. The second-order valence-corrected chi connectivity index (χ2v) is 4.10. The van der Waals surface area contributed by atoms with Crippen LogP contribution in [-0.2, 0) is 4.74 Å². The smallest absolute Gasteiger partial charge is 0.329 e. The van der Waals surface area contributed by atoms with Gasteiger partial charge in [-0.3, -0.25) is 15.0 Å². The summed E-state index contributed by atoms with van der Waals surface area (Å²) in [4.78, 5) is 19.9. The van der Waals surface area contributed by atoms with Gasteiger partial charge in [0, 0.05) is 26.2 Å². The Morgan fingerprint density at radius 3 is 2.89 bits per heavy atom. The van der Waals surface area contributed by atoms with Gasteiger partial charge in [-0.2, -0.15) is 4.98 Å². The molecule has 0 saturated carbocycles. The van der Waals surface area contributed by atoms with Crippen LogP contribution in [0.5, 0.6) is 0 Å². The Morgan fingerprint density at radius 2 is 2.26 bits per heavy atom. The van der Waals surface area contributed by atoms with Crippen molar-refractivity contribution in [2.75, 3.05) is 50.4 Å². The number of ether oxygens (including phenoxy) is 1. The van der Waals surface area contributed by atoms with Crippen LogP contribution in [0.4, 0.5) is 17.5 Å². The summed E-state index contributed by atoms with van der Waals surface area (Å²) in [6, 6.07) is 0. The minimum Gasteiger partial charge on any atom is -0.379 e. The minimum atomic E-state index is -0.604. The van der Waals surface area contributed by atoms with Crippen molar-refractivity contribution in [3.05, 3.63) is 16.3 Å². The summed E-state index contributed by atoms with van der Waals surface area (Å²) >= 11 is 0. The van der Waals surface area contributed by atoms with Crippen LogP contribution in [0, 0.1) is 10.1 Å². The van der Waals surface area contributed by atoms with Gasteiger partial charge in [0.1, 0.15) is 6.20 Å². The van der Waals surface area contributed by atoms with Gasteiger partial charge in [0.2, 0.25) is 11.8 Å². The van der Waals surface area contributed by atoms with Gasteiger partial charge in [0.05, 0.1) is 18.1 Å². The van der Waals surface area contributed by atoms with Crippen LogP contribution in [0.1, 0.15) is 0 Å². The predicted molar refractivity (Wildman–Crippen MR) is 68.8 cm³/mol. The molecule has 1 aliphatic heterocycles. The maximum atomic E-state index is 10.6. The van der Waals surface area contributed by atoms with E-state index in [1.807, 2.05) is 0 Å². The molecule has 0 bridgehead atoms. The highest BCUT2D eigenvalue weighted by atomic mass is 16.6. The number of anilines is 2. The number of nitrogens with two attached hydrogens (primary N) is 1. The van der Waals surface area contributed by atoms with Crippen molar-refractivity contribution in [2.45, 2.75) is 0 Å². The number of hydrogen-bond donors (Lipinski definition) is 2. The molecule has 1 aromatic rings. The summed E-state index contributed by atoms with van der Waals surface area (Å²) in [5.41, 5.74) is 5.20. The number of hydrogen-bond acceptors (Lipinski definition) is 8. The number of nitrogens with zero attached hydrogens (tertiary/aromatic N) is 4. The molecule has 19 heavy (non-hydrogen) atoms. The first-order valence-corrected chi connectivity index (χ1v) is 5.97. The summed E-state index contributed by atoms with van der Waals surface area (Å²) in [6.45, 7) is 4.80. The fourth-order valence-corrected chi connectivity index (χ4v) is 1.77. The number of nitro groups is 1. The molecule has 0 radical (unpaired) electrons. The first-order chi connectivity index (χ1) is 9.16. The van der Waals surface area contributed by atoms with E-state index in [-0.39, 0.29) is 11.5 Å². The van der Waals surface area contributed by atoms with Crippen LogP contribution in [0.25, 0.3) is 0 Å². The fraction of sp³-hybridized carbons (Fsp3) is 0.600. The molecule has 9 heteroatoms. The summed E-state index contributed by atoms with van der Waals surface area (Å²) in [5, 5.41) is 13.6. The summed E-state index contributed by atoms with van der Waals surface area (Å²) < 4.78 is 5.25. The lowest BCUT2D eigenvalue weighted by Crippen LogP contribution is -2.39. The molecule has 3 N–H and O–H groups in total. The third-order valence-corrected chi connectivity index (χ3v) is 2.81. The van der Waals surface area contributed by atoms with E-state index >= 15 is 0 Å². The SMILES string of the molecule is Nc1nc(NCCN2CCOCC2)ncc1[N+](=O)[O-]. The van der Waals surface area contributed by atoms with E-state index in [0.717, 1.165) is 39.0 Å². The molecule has 2 rings (SSSR count). The zero-order valence-corrected chi connectivity index (χ0v) is 10.4. The molecule has 1 aromatic heterocycles. The van der Waals surface area contributed by atoms with Gasteiger partial charge < -0.3 is 15.8 Å². The summed E-state index contributed by atoms with van der Waals surface area (Å²) in [6.07, 6.45) is 1.11. The first kappa shape index (κ1) is 13.4. The number of nitrogen functional groups attached to an aromatic ring is 1. The molecule has 0 aromatic carbocycles. The van der Waals surface area contributed by atoms with Gasteiger partial charge in [0.15, 0.2) is 0 Å². The molecular formula is C10H16N6O3. The molecule has 104 valence electrons. The lowest BCUT2D eigenvalue weighted by molar-refractivity contribution is -0.384. The third-order valence-electron chi connectivity index (χ3n) is 2.81. The van der Waals surface area contributed by atoms with Crippen LogP contribution >= 0.6 is 0 Å². The highest BCUT2D eigenvalue weighted by Gasteiger charge is 2.14. The number of aromatic nitrogens is 2. The lowest BCUT2D eigenvalue weighted by Gasteiger charge is -2.26. The summed E-state index contributed by atoms with van der Waals surface area (Å²) in [5.74, 6) is 0.172. The largest absolute Gasteiger partial charge is 0.379 e. The van der Waals surface area contributed by atoms with Crippen LogP contribution in [0.15, 0.2) is 6.20 Å². The normalized spacial score (nSPS) is 16.2. The Hall–Kier alpha value is -2.00. The molecule has 1 aliphatic rings. The van der Waals surface area contributed by atoms with E-state index in [0.29, 0.717) is 12.5 Å². The molecule has 1 saturated heterocycles. The molecule has 0 spiro atoms. The molecule has 0 aliphatic carbocycles. The topological polar surface area (TPSA) is 119 Å². The molecule has 0 atom stereocenters. The Balaban J connectivity index is 1.82. The molecule has 9 nitrogen and oxygen atoms in total. The lowest BCUT2D eigenvalue weighted by atomic mass is 10.4. The predicted octanol–water partition coefficient (Wildman–Crippen LogP) is -0.289. The van der Waals surface area contributed by atoms with Crippen molar-refractivity contribution in [2.24, 2.45) is 0 Å². The third kappa shape index (κ3) is 3.73. The molecule has 2 heterocycles. The quantitative estimate of drug-likeness (QED) is 0.552. The summed E-state index contributed by atoms with van der Waals surface area (Å²) in [7, 11) is 0. The second kappa shape index (κ2) is 6.25. The first-order valence-electron chi connectivity index (χ1n) is 5.97. The molecular weight excluding hydrogens is 252 g/mol. The Kier molecular flexibility index (Phi) is 4.42. The van der Waals surface area contributed by atoms with Crippen molar-refractivity contribution < 1.29 is 9.66 Å². The van der Waals surface area contributed by atoms with E-state index in [9.17, 15) is 10.1 Å². The minimum absolute atomic E-state index is 0.131. The number of rotatable bonds is 5. The van der Waals surface area contributed by atoms with Gasteiger partial charge in [-0.15, -0.1) is 0 Å². The second-order valence-electron chi connectivity index (χ2n) is 4.10. The highest BCUT2D eigenvalue weighted by molar-refractivity contribution is 5.53. The van der Waals surface area contributed by atoms with E-state index < -0.39 is 4.92 Å². The van der Waals surface area contributed by atoms with Gasteiger partial charge in [0.25, 0.3) is 0 Å². The van der Waals surface area contributed by atoms with Crippen molar-refractivity contribution >= 4 is 17.5 Å². The van der Waals surface area contributed by atoms with Crippen molar-refractivity contribution in [3.63, 3.8) is 0 Å². The maximum Gasteiger partial charge on any atom is 0.329 e. The van der Waals surface area contributed by atoms with Crippen molar-refractivity contribution in [1.82, 2.24) is 14.9 Å². The monoisotopic (exact) mass is 268 g/mol. The van der Waals surface area contributed by atoms with Crippen LogP contribution in [0.2, 0.25) is 0 Å². The van der Waals surface area contributed by atoms with Gasteiger partial charge in [-0.1, -0.05) is 0 Å². The van der Waals surface area contributed by atoms with Crippen molar-refractivity contribution in [1.29, 1.82) is 0 Å². The standard InChI is InChI=1S/C10H16N6O3/c11-9-8(16(17)18)7-13-10(14-9)12-1-2-15-3-5-19-6-4-15/h7H,1-6H2,(H3,11,12,13,14). The maximum absolute atomic E-state index is 10.6. The highest BCUT2D eigenvalue weighted by Crippen LogP contribution is 2.17. The number of morpholine rings is 1. The molecule has 0 amide bonds. The Labute approximate surface area is 109 Å². The number of nitrogens with one attached hydrogen (secondary N) is 1. The van der Waals surface area contributed by atoms with E-state index in [1.54, 1.807) is 0 Å². The Morgan fingerprint density at radius 1 is 1.53 bits per heavy atom. The Bertz CT molecular complexity index is 449. The van der Waals surface area contributed by atoms with E-state index in [4.69, 9.17) is 10.5 Å². The average Bonchev–Trinajstić information content (AvgIpc) is 2.39. The molecule has 1 fully saturated rings. The van der Waals surface area contributed by atoms with E-state index in [1.165, 1.54) is 0 Å². The zero-order chi connectivity index (χ0) is 13.7. The van der Waals surface area contributed by atoms with Gasteiger partial charge in [-0.05, 0) is 0 Å². The van der Waals surface area contributed by atoms with Crippen LogP contribution in [0.3, 0.4) is 0 Å². The van der Waals surface area contributed by atoms with E-state index in [2.05, 4.69) is 20.2 Å². The van der Waals surface area contributed by atoms with Crippen molar-refractivity contribution in [3.8, 4) is 0 Å². The van der Waals surface area contributed by atoms with Gasteiger partial charge in [-0.25, -0.2) is 4.98 Å². The fourth-order valence-electron chi connectivity index (χ4n) is 1.77. The molecule has 0 unspecified atom stereocenters.